The van der Waals surface area contributed by atoms with Crippen molar-refractivity contribution in [1.82, 2.24) is 4.98 Å². The molecule has 1 heterocycles. The molecule has 2 rings (SSSR count). The number of ether oxygens (including phenoxy) is 1. The van der Waals surface area contributed by atoms with Crippen LogP contribution in [0.3, 0.4) is 0 Å². The molecule has 3 nitrogen and oxygen atoms in total. The summed E-state index contributed by atoms with van der Waals surface area (Å²) in [6.45, 7) is 2.29. The van der Waals surface area contributed by atoms with Crippen LogP contribution in [-0.2, 0) is 6.54 Å². The van der Waals surface area contributed by atoms with Crippen LogP contribution in [0.1, 0.15) is 11.1 Å². The smallest absolute Gasteiger partial charge is 0.238 e. The van der Waals surface area contributed by atoms with Crippen molar-refractivity contribution in [2.45, 2.75) is 13.5 Å². The van der Waals surface area contributed by atoms with Crippen molar-refractivity contribution in [3.63, 3.8) is 0 Å². The van der Waals surface area contributed by atoms with E-state index in [1.54, 1.807) is 18.3 Å². The van der Waals surface area contributed by atoms with Crippen molar-refractivity contribution < 1.29 is 4.74 Å². The van der Waals surface area contributed by atoms with E-state index in [2.05, 4.69) is 4.98 Å². The van der Waals surface area contributed by atoms with Gasteiger partial charge < -0.3 is 10.5 Å². The fraction of sp³-hybridized carbons (Fsp3) is 0.154. The van der Waals surface area contributed by atoms with Gasteiger partial charge in [-0.3, -0.25) is 0 Å². The Bertz CT molecular complexity index is 573. The Kier molecular flexibility index (Phi) is 4.07. The van der Waals surface area contributed by atoms with Crippen LogP contribution in [0.2, 0.25) is 10.0 Å². The van der Waals surface area contributed by atoms with Crippen molar-refractivity contribution >= 4 is 23.2 Å². The molecular formula is C13H12Cl2N2O. The number of aryl methyl sites for hydroxylation is 1. The van der Waals surface area contributed by atoms with Gasteiger partial charge in [0.25, 0.3) is 0 Å². The van der Waals surface area contributed by atoms with Crippen LogP contribution >= 0.6 is 23.2 Å². The first-order chi connectivity index (χ1) is 8.61. The van der Waals surface area contributed by atoms with Gasteiger partial charge in [0.05, 0.1) is 5.02 Å². The first-order valence-electron chi connectivity index (χ1n) is 5.39. The Morgan fingerprint density at radius 1 is 1.28 bits per heavy atom. The molecule has 0 aliphatic heterocycles. The van der Waals surface area contributed by atoms with Crippen LogP contribution in [0.4, 0.5) is 0 Å². The molecule has 2 N–H and O–H groups in total. The van der Waals surface area contributed by atoms with Crippen molar-refractivity contribution in [1.29, 1.82) is 0 Å². The molecule has 1 aromatic heterocycles. The fourth-order valence-electron chi connectivity index (χ4n) is 1.48. The van der Waals surface area contributed by atoms with E-state index < -0.39 is 0 Å². The minimum Gasteiger partial charge on any atom is -0.436 e. The lowest BCUT2D eigenvalue weighted by atomic mass is 10.2. The summed E-state index contributed by atoms with van der Waals surface area (Å²) in [4.78, 5) is 4.08. The van der Waals surface area contributed by atoms with Crippen LogP contribution in [0.25, 0.3) is 0 Å². The second kappa shape index (κ2) is 5.57. The summed E-state index contributed by atoms with van der Waals surface area (Å²) in [5.41, 5.74) is 7.41. The summed E-state index contributed by atoms with van der Waals surface area (Å²) in [5, 5.41) is 0.933. The van der Waals surface area contributed by atoms with Gasteiger partial charge in [0.1, 0.15) is 10.8 Å². The normalized spacial score (nSPS) is 10.4. The largest absolute Gasteiger partial charge is 0.436 e. The van der Waals surface area contributed by atoms with Gasteiger partial charge in [-0.05, 0) is 36.2 Å². The highest BCUT2D eigenvalue weighted by molar-refractivity contribution is 6.33. The molecule has 0 saturated carbocycles. The van der Waals surface area contributed by atoms with Gasteiger partial charge in [0, 0.05) is 12.7 Å². The number of benzene rings is 1. The minimum absolute atomic E-state index is 0.311. The third-order valence-corrected chi connectivity index (χ3v) is 3.15. The van der Waals surface area contributed by atoms with Gasteiger partial charge in [-0.2, -0.15) is 0 Å². The number of nitrogens with zero attached hydrogens (tertiary/aromatic N) is 1. The molecule has 5 heteroatoms. The first kappa shape index (κ1) is 13.1. The highest BCUT2D eigenvalue weighted by Gasteiger charge is 2.10. The maximum absolute atomic E-state index is 6.13. The molecule has 2 aromatic rings. The quantitative estimate of drug-likeness (QED) is 0.927. The third-order valence-electron chi connectivity index (χ3n) is 2.45. The Balaban J connectivity index is 2.34. The lowest BCUT2D eigenvalue weighted by Crippen LogP contribution is -1.99. The predicted molar refractivity (Wildman–Crippen MR) is 73.4 cm³/mol. The molecule has 18 heavy (non-hydrogen) atoms. The number of pyridine rings is 1. The SMILES string of the molecule is Cc1ccc(Oc2nccc(CN)c2Cl)c(Cl)c1. The maximum atomic E-state index is 6.13. The molecular weight excluding hydrogens is 271 g/mol. The molecule has 0 atom stereocenters. The number of hydrogen-bond acceptors (Lipinski definition) is 3. The van der Waals surface area contributed by atoms with Crippen molar-refractivity contribution in [3.05, 3.63) is 51.6 Å². The zero-order valence-corrected chi connectivity index (χ0v) is 11.3. The highest BCUT2D eigenvalue weighted by Crippen LogP contribution is 2.33. The van der Waals surface area contributed by atoms with E-state index in [1.165, 1.54) is 0 Å². The lowest BCUT2D eigenvalue weighted by Gasteiger charge is -2.10. The first-order valence-corrected chi connectivity index (χ1v) is 6.15. The van der Waals surface area contributed by atoms with Crippen LogP contribution in [0, 0.1) is 6.92 Å². The number of hydrogen-bond donors (Lipinski definition) is 1. The molecule has 0 unspecified atom stereocenters. The Morgan fingerprint density at radius 2 is 2.06 bits per heavy atom. The summed E-state index contributed by atoms with van der Waals surface area (Å²) in [6.07, 6.45) is 1.60. The second-order valence-electron chi connectivity index (χ2n) is 3.83. The van der Waals surface area contributed by atoms with Gasteiger partial charge in [0.2, 0.25) is 5.88 Å². The lowest BCUT2D eigenvalue weighted by molar-refractivity contribution is 0.462. The topological polar surface area (TPSA) is 48.1 Å². The van der Waals surface area contributed by atoms with Crippen LogP contribution < -0.4 is 10.5 Å². The van der Waals surface area contributed by atoms with E-state index in [-0.39, 0.29) is 0 Å². The van der Waals surface area contributed by atoms with E-state index in [4.69, 9.17) is 33.7 Å². The van der Waals surface area contributed by atoms with Crippen LogP contribution in [0.5, 0.6) is 11.6 Å². The van der Waals surface area contributed by atoms with E-state index >= 15 is 0 Å². The molecule has 0 bridgehead atoms. The van der Waals surface area contributed by atoms with Gasteiger partial charge in [0.15, 0.2) is 0 Å². The Hall–Kier alpha value is -1.29. The minimum atomic E-state index is 0.311. The fourth-order valence-corrected chi connectivity index (χ4v) is 1.98. The summed E-state index contributed by atoms with van der Waals surface area (Å²) >= 11 is 12.2. The molecule has 0 fully saturated rings. The molecule has 0 amide bonds. The molecule has 0 spiro atoms. The summed E-state index contributed by atoms with van der Waals surface area (Å²) in [7, 11) is 0. The standard InChI is InChI=1S/C13H12Cl2N2O/c1-8-2-3-11(10(14)6-8)18-13-12(15)9(7-16)4-5-17-13/h2-6H,7,16H2,1H3. The molecule has 0 radical (unpaired) electrons. The number of rotatable bonds is 3. The zero-order valence-electron chi connectivity index (χ0n) is 9.78. The molecule has 0 aliphatic carbocycles. The van der Waals surface area contributed by atoms with Crippen LogP contribution in [0.15, 0.2) is 30.5 Å². The second-order valence-corrected chi connectivity index (χ2v) is 4.61. The Labute approximate surface area is 115 Å². The number of aromatic nitrogens is 1. The third kappa shape index (κ3) is 2.75. The number of halogens is 2. The van der Waals surface area contributed by atoms with Crippen LogP contribution in [-0.4, -0.2) is 4.98 Å². The van der Waals surface area contributed by atoms with E-state index in [0.29, 0.717) is 28.2 Å². The van der Waals surface area contributed by atoms with Crippen molar-refractivity contribution in [2.24, 2.45) is 5.73 Å². The van der Waals surface area contributed by atoms with Gasteiger partial charge in [-0.15, -0.1) is 0 Å². The van der Waals surface area contributed by atoms with E-state index in [9.17, 15) is 0 Å². The molecule has 1 aromatic carbocycles. The van der Waals surface area contributed by atoms with Crippen molar-refractivity contribution in [2.75, 3.05) is 0 Å². The monoisotopic (exact) mass is 282 g/mol. The molecule has 0 aliphatic rings. The van der Waals surface area contributed by atoms with Crippen molar-refractivity contribution in [3.8, 4) is 11.6 Å². The van der Waals surface area contributed by atoms with Gasteiger partial charge >= 0.3 is 0 Å². The molecule has 94 valence electrons. The highest BCUT2D eigenvalue weighted by atomic mass is 35.5. The average Bonchev–Trinajstić information content (AvgIpc) is 2.35. The van der Waals surface area contributed by atoms with Gasteiger partial charge in [-0.25, -0.2) is 4.98 Å². The van der Waals surface area contributed by atoms with E-state index in [0.717, 1.165) is 11.1 Å². The summed E-state index contributed by atoms with van der Waals surface area (Å²) < 4.78 is 5.61. The van der Waals surface area contributed by atoms with Gasteiger partial charge in [-0.1, -0.05) is 29.3 Å². The number of nitrogens with two attached hydrogens (primary N) is 1. The average molecular weight is 283 g/mol. The molecule has 0 saturated heterocycles. The summed E-state index contributed by atoms with van der Waals surface area (Å²) in [6, 6.07) is 7.26. The predicted octanol–water partition coefficient (Wildman–Crippen LogP) is 3.95. The van der Waals surface area contributed by atoms with E-state index in [1.807, 2.05) is 19.1 Å². The zero-order chi connectivity index (χ0) is 13.1. The Morgan fingerprint density at radius 3 is 2.72 bits per heavy atom. The summed E-state index contributed by atoms with van der Waals surface area (Å²) in [5.74, 6) is 0.830. The maximum Gasteiger partial charge on any atom is 0.238 e.